The first kappa shape index (κ1) is 20.8. The summed E-state index contributed by atoms with van der Waals surface area (Å²) in [7, 11) is -0.775. The van der Waals surface area contributed by atoms with Crippen LogP contribution in [-0.4, -0.2) is 47.0 Å². The minimum Gasteiger partial charge on any atom is -0.458 e. The monoisotopic (exact) mass is 396 g/mol. The molecule has 0 unspecified atom stereocenters. The molecule has 28 heavy (non-hydrogen) atoms. The van der Waals surface area contributed by atoms with Crippen LogP contribution in [0.5, 0.6) is 0 Å². The third kappa shape index (κ3) is 3.95. The third-order valence-corrected chi connectivity index (χ3v) is 10.5. The summed E-state index contributed by atoms with van der Waals surface area (Å²) >= 11 is 0. The van der Waals surface area contributed by atoms with Gasteiger partial charge in [0.05, 0.1) is 12.6 Å². The van der Waals surface area contributed by atoms with E-state index in [9.17, 15) is 4.79 Å². The molecule has 0 radical (unpaired) electrons. The Balaban J connectivity index is 2.12. The van der Waals surface area contributed by atoms with Crippen LogP contribution in [0.15, 0.2) is 60.7 Å². The number of ether oxygens (including phenoxy) is 2. The molecule has 0 N–H and O–H groups in total. The Hall–Kier alpha value is -1.89. The van der Waals surface area contributed by atoms with Crippen LogP contribution in [0, 0.1) is 0 Å². The Morgan fingerprint density at radius 1 is 1.04 bits per heavy atom. The summed E-state index contributed by atoms with van der Waals surface area (Å²) in [5, 5.41) is 2.27. The lowest BCUT2D eigenvalue weighted by Gasteiger charge is -2.45. The van der Waals surface area contributed by atoms with Crippen molar-refractivity contribution in [1.29, 1.82) is 0 Å². The number of benzene rings is 2. The van der Waals surface area contributed by atoms with E-state index < -0.39 is 14.4 Å². The molecule has 0 amide bonds. The van der Waals surface area contributed by atoms with Gasteiger partial charge in [-0.3, -0.25) is 4.79 Å². The van der Waals surface area contributed by atoms with Crippen LogP contribution in [0.1, 0.15) is 27.7 Å². The van der Waals surface area contributed by atoms with Crippen LogP contribution < -0.4 is 10.4 Å². The first-order chi connectivity index (χ1) is 13.3. The molecule has 1 aliphatic heterocycles. The maximum absolute atomic E-state index is 11.7. The molecular weight excluding hydrogens is 367 g/mol. The lowest BCUT2D eigenvalue weighted by molar-refractivity contribution is -0.150. The average Bonchev–Trinajstić information content (AvgIpc) is 2.99. The van der Waals surface area contributed by atoms with E-state index in [2.05, 4.69) is 69.3 Å². The van der Waals surface area contributed by atoms with Crippen molar-refractivity contribution in [1.82, 2.24) is 0 Å². The first-order valence-corrected chi connectivity index (χ1v) is 11.7. The quantitative estimate of drug-likeness (QED) is 0.572. The maximum atomic E-state index is 11.7. The number of hydrogen-bond acceptors (Lipinski definition) is 4. The SMILES string of the molecule is B[C@@H]1OC[C@@H](O[Si](c2ccccc2)(c2ccccc2)C(C)(C)C)[C@@H]1OC(C)=O. The molecule has 2 aromatic carbocycles. The predicted molar refractivity (Wildman–Crippen MR) is 116 cm³/mol. The van der Waals surface area contributed by atoms with Crippen LogP contribution in [0.25, 0.3) is 0 Å². The summed E-state index contributed by atoms with van der Waals surface area (Å²) in [6.07, 6.45) is -0.704. The second kappa shape index (κ2) is 8.23. The fraction of sp³-hybridized carbons (Fsp3) is 0.409. The van der Waals surface area contributed by atoms with Crippen molar-refractivity contribution in [3.05, 3.63) is 60.7 Å². The van der Waals surface area contributed by atoms with Crippen LogP contribution in [0.4, 0.5) is 0 Å². The zero-order valence-corrected chi connectivity index (χ0v) is 18.3. The highest BCUT2D eigenvalue weighted by atomic mass is 28.4. The standard InChI is InChI=1S/C22H29BO4Si/c1-16(24)26-20-19(15-25-21(20)23)27-28(22(2,3)4,17-11-7-5-8-12-17)18-13-9-6-10-14-18/h5-14,19-21H,15,23H2,1-4H3/t19-,20+,21-/m1/s1. The van der Waals surface area contributed by atoms with Crippen molar-refractivity contribution in [2.75, 3.05) is 6.61 Å². The Bertz CT molecular complexity index is 752. The van der Waals surface area contributed by atoms with Crippen LogP contribution >= 0.6 is 0 Å². The van der Waals surface area contributed by atoms with E-state index in [4.69, 9.17) is 13.9 Å². The average molecular weight is 396 g/mol. The van der Waals surface area contributed by atoms with Gasteiger partial charge in [0.1, 0.15) is 20.1 Å². The molecule has 0 spiro atoms. The number of carbonyl (C=O) groups excluding carboxylic acids is 1. The Morgan fingerprint density at radius 2 is 1.54 bits per heavy atom. The molecule has 148 valence electrons. The van der Waals surface area contributed by atoms with E-state index in [1.165, 1.54) is 17.3 Å². The molecule has 3 atom stereocenters. The number of hydrogen-bond donors (Lipinski definition) is 0. The molecule has 0 saturated carbocycles. The first-order valence-electron chi connectivity index (χ1n) is 9.83. The molecule has 0 bridgehead atoms. The smallest absolute Gasteiger partial charge is 0.303 e. The lowest BCUT2D eigenvalue weighted by Crippen LogP contribution is -2.68. The molecule has 1 saturated heterocycles. The largest absolute Gasteiger partial charge is 0.458 e. The van der Waals surface area contributed by atoms with E-state index in [0.29, 0.717) is 6.61 Å². The van der Waals surface area contributed by atoms with E-state index in [-0.39, 0.29) is 23.1 Å². The number of rotatable bonds is 5. The van der Waals surface area contributed by atoms with E-state index in [1.807, 2.05) is 20.0 Å². The van der Waals surface area contributed by atoms with Gasteiger partial charge in [0.15, 0.2) is 0 Å². The summed E-state index contributed by atoms with van der Waals surface area (Å²) in [6, 6.07) is 20.7. The number of esters is 1. The molecule has 6 heteroatoms. The van der Waals surface area contributed by atoms with E-state index in [1.54, 1.807) is 0 Å². The van der Waals surface area contributed by atoms with Gasteiger partial charge in [-0.05, 0) is 15.4 Å². The highest BCUT2D eigenvalue weighted by Gasteiger charge is 2.54. The Labute approximate surface area is 169 Å². The Kier molecular flexibility index (Phi) is 6.13. The van der Waals surface area contributed by atoms with Gasteiger partial charge in [0.25, 0.3) is 8.32 Å². The zero-order chi connectivity index (χ0) is 20.4. The molecule has 1 fully saturated rings. The highest BCUT2D eigenvalue weighted by molar-refractivity contribution is 6.99. The van der Waals surface area contributed by atoms with Gasteiger partial charge in [-0.15, -0.1) is 0 Å². The fourth-order valence-corrected chi connectivity index (χ4v) is 8.79. The minimum absolute atomic E-state index is 0.137. The van der Waals surface area contributed by atoms with Crippen molar-refractivity contribution in [2.45, 2.75) is 50.9 Å². The van der Waals surface area contributed by atoms with Crippen molar-refractivity contribution < 1.29 is 18.7 Å². The maximum Gasteiger partial charge on any atom is 0.303 e. The molecular formula is C22H29BO4Si. The zero-order valence-electron chi connectivity index (χ0n) is 17.3. The normalized spacial score (nSPS) is 22.8. The molecule has 0 aromatic heterocycles. The summed E-state index contributed by atoms with van der Waals surface area (Å²) in [5.41, 5.74) is 0. The van der Waals surface area contributed by atoms with Crippen molar-refractivity contribution in [3.8, 4) is 0 Å². The molecule has 4 nitrogen and oxygen atoms in total. The topological polar surface area (TPSA) is 44.8 Å². The van der Waals surface area contributed by atoms with Gasteiger partial charge < -0.3 is 13.9 Å². The van der Waals surface area contributed by atoms with Gasteiger partial charge in [-0.2, -0.15) is 0 Å². The summed E-state index contributed by atoms with van der Waals surface area (Å²) in [4.78, 5) is 11.7. The fourth-order valence-electron chi connectivity index (χ4n) is 4.12. The van der Waals surface area contributed by atoms with E-state index in [0.717, 1.165) is 0 Å². The van der Waals surface area contributed by atoms with Crippen molar-refractivity contribution >= 4 is 32.5 Å². The predicted octanol–water partition coefficient (Wildman–Crippen LogP) is 1.85. The summed E-state index contributed by atoms with van der Waals surface area (Å²) in [5.74, 6) is -0.307. The highest BCUT2D eigenvalue weighted by Crippen LogP contribution is 2.39. The van der Waals surface area contributed by atoms with Crippen LogP contribution in [0.3, 0.4) is 0 Å². The molecule has 1 aliphatic rings. The Morgan fingerprint density at radius 3 is 1.96 bits per heavy atom. The second-order valence-corrected chi connectivity index (χ2v) is 12.7. The molecule has 2 aromatic rings. The molecule has 3 rings (SSSR count). The van der Waals surface area contributed by atoms with Crippen LogP contribution in [-0.2, 0) is 18.7 Å². The van der Waals surface area contributed by atoms with Crippen molar-refractivity contribution in [3.63, 3.8) is 0 Å². The van der Waals surface area contributed by atoms with Gasteiger partial charge in [0.2, 0.25) is 0 Å². The van der Waals surface area contributed by atoms with Gasteiger partial charge in [-0.1, -0.05) is 81.4 Å². The van der Waals surface area contributed by atoms with Gasteiger partial charge >= 0.3 is 5.97 Å². The van der Waals surface area contributed by atoms with Crippen molar-refractivity contribution in [2.24, 2.45) is 0 Å². The van der Waals surface area contributed by atoms with E-state index >= 15 is 0 Å². The minimum atomic E-state index is -2.71. The lowest BCUT2D eigenvalue weighted by atomic mass is 9.94. The molecule has 0 aliphatic carbocycles. The number of carbonyl (C=O) groups is 1. The summed E-state index contributed by atoms with van der Waals surface area (Å²) < 4.78 is 18.5. The molecule has 1 heterocycles. The third-order valence-electron chi connectivity index (χ3n) is 5.40. The summed E-state index contributed by atoms with van der Waals surface area (Å²) in [6.45, 7) is 8.56. The van der Waals surface area contributed by atoms with Gasteiger partial charge in [-0.25, -0.2) is 0 Å². The van der Waals surface area contributed by atoms with Gasteiger partial charge in [0, 0.05) is 6.92 Å². The second-order valence-electron chi connectivity index (χ2n) is 8.43. The van der Waals surface area contributed by atoms with Crippen LogP contribution in [0.2, 0.25) is 5.04 Å².